The first-order valence-electron chi connectivity index (χ1n) is 2.60. The van der Waals surface area contributed by atoms with E-state index in [9.17, 15) is 4.79 Å². The van der Waals surface area contributed by atoms with Crippen LogP contribution in [0.1, 0.15) is 0 Å². The van der Waals surface area contributed by atoms with Crippen molar-refractivity contribution in [2.24, 2.45) is 5.16 Å². The molecule has 5 heteroatoms. The Labute approximate surface area is 59.2 Å². The third kappa shape index (κ3) is 3.03. The quantitative estimate of drug-likeness (QED) is 0.403. The number of carbonyl (C=O) groups is 1. The summed E-state index contributed by atoms with van der Waals surface area (Å²) in [6.07, 6.45) is 1.02. The van der Waals surface area contributed by atoms with E-state index in [0.717, 1.165) is 11.3 Å². The predicted octanol–water partition coefficient (Wildman–Crippen LogP) is -0.362. The lowest BCUT2D eigenvalue weighted by molar-refractivity contribution is -0.160. The second-order valence-corrected chi connectivity index (χ2v) is 1.44. The van der Waals surface area contributed by atoms with Crippen LogP contribution < -0.4 is 0 Å². The second-order valence-electron chi connectivity index (χ2n) is 1.44. The molecular weight excluding hydrogens is 136 g/mol. The van der Waals surface area contributed by atoms with Crippen LogP contribution in [0.15, 0.2) is 5.16 Å². The largest absolute Gasteiger partial charge is 0.399 e. The lowest BCUT2D eigenvalue weighted by Crippen LogP contribution is -2.26. The van der Waals surface area contributed by atoms with Crippen molar-refractivity contribution in [3.05, 3.63) is 0 Å². The molecule has 0 radical (unpaired) electrons. The summed E-state index contributed by atoms with van der Waals surface area (Å²) in [4.78, 5) is 19.5. The number of hydroxylamine groups is 2. The molecule has 58 valence electrons. The van der Waals surface area contributed by atoms with Gasteiger partial charge in [-0.3, -0.25) is 9.63 Å². The fraction of sp³-hybridized carbons (Fsp3) is 0.600. The Hall–Kier alpha value is -1.10. The zero-order valence-corrected chi connectivity index (χ0v) is 6.20. The molecule has 0 N–H and O–H groups in total. The molecule has 0 rings (SSSR count). The van der Waals surface area contributed by atoms with Gasteiger partial charge in [0.05, 0.1) is 7.11 Å². The van der Waals surface area contributed by atoms with E-state index in [1.54, 1.807) is 0 Å². The molecule has 0 heterocycles. The first kappa shape index (κ1) is 8.90. The van der Waals surface area contributed by atoms with Crippen LogP contribution >= 0.6 is 0 Å². The van der Waals surface area contributed by atoms with Crippen LogP contribution in [0.3, 0.4) is 0 Å². The third-order valence-electron chi connectivity index (χ3n) is 0.853. The summed E-state index contributed by atoms with van der Waals surface area (Å²) in [6.45, 7) is 0. The van der Waals surface area contributed by atoms with Crippen molar-refractivity contribution in [3.63, 3.8) is 0 Å². The molecule has 0 bridgehead atoms. The molecule has 0 aliphatic rings. The predicted molar refractivity (Wildman–Crippen MR) is 35.3 cm³/mol. The molecule has 0 aromatic heterocycles. The minimum atomic E-state index is -0.371. The van der Waals surface area contributed by atoms with Gasteiger partial charge in [-0.05, 0) is 0 Å². The Morgan fingerprint density at radius 1 is 1.60 bits per heavy atom. The van der Waals surface area contributed by atoms with Crippen molar-refractivity contribution in [2.45, 2.75) is 0 Å². The summed E-state index contributed by atoms with van der Waals surface area (Å²) in [5.41, 5.74) is 0. The highest BCUT2D eigenvalue weighted by molar-refractivity contribution is 6.25. The van der Waals surface area contributed by atoms with Crippen LogP contribution in [0.25, 0.3) is 0 Å². The number of hydrogen-bond donors (Lipinski definition) is 0. The zero-order valence-electron chi connectivity index (χ0n) is 6.20. The van der Waals surface area contributed by atoms with E-state index in [-0.39, 0.29) is 5.91 Å². The molecule has 0 spiro atoms. The van der Waals surface area contributed by atoms with Crippen LogP contribution in [0.4, 0.5) is 0 Å². The van der Waals surface area contributed by atoms with Gasteiger partial charge in [0.1, 0.15) is 13.3 Å². The number of oxime groups is 1. The van der Waals surface area contributed by atoms with Gasteiger partial charge in [0.25, 0.3) is 5.91 Å². The Balaban J connectivity index is 3.72. The maximum atomic E-state index is 10.7. The van der Waals surface area contributed by atoms with E-state index in [1.807, 2.05) is 0 Å². The number of carbonyl (C=O) groups excluding carboxylic acids is 1. The van der Waals surface area contributed by atoms with Gasteiger partial charge >= 0.3 is 0 Å². The van der Waals surface area contributed by atoms with Crippen molar-refractivity contribution < 1.29 is 14.5 Å². The Morgan fingerprint density at radius 2 is 2.20 bits per heavy atom. The molecule has 0 atom stereocenters. The van der Waals surface area contributed by atoms with Crippen molar-refractivity contribution >= 4 is 12.1 Å². The fourth-order valence-corrected chi connectivity index (χ4v) is 0.269. The Bertz CT molecular complexity index is 135. The van der Waals surface area contributed by atoms with Crippen molar-refractivity contribution in [3.8, 4) is 0 Å². The van der Waals surface area contributed by atoms with E-state index >= 15 is 0 Å². The van der Waals surface area contributed by atoms with E-state index in [4.69, 9.17) is 0 Å². The summed E-state index contributed by atoms with van der Waals surface area (Å²) in [5, 5.41) is 4.27. The van der Waals surface area contributed by atoms with Gasteiger partial charge in [-0.15, -0.1) is 0 Å². The molecule has 0 aliphatic carbocycles. The topological polar surface area (TPSA) is 51.1 Å². The molecule has 0 saturated heterocycles. The number of nitrogens with zero attached hydrogens (tertiary/aromatic N) is 2. The van der Waals surface area contributed by atoms with Gasteiger partial charge in [-0.2, -0.15) is 0 Å². The highest BCUT2D eigenvalue weighted by Crippen LogP contribution is 1.80. The number of amides is 1. The minimum absolute atomic E-state index is 0.371. The van der Waals surface area contributed by atoms with Crippen LogP contribution in [-0.2, 0) is 14.5 Å². The average Bonchev–Trinajstić information content (AvgIpc) is 1.98. The van der Waals surface area contributed by atoms with Gasteiger partial charge < -0.3 is 4.84 Å². The molecule has 0 aliphatic heterocycles. The van der Waals surface area contributed by atoms with Crippen LogP contribution in [0.2, 0.25) is 0 Å². The molecule has 5 nitrogen and oxygen atoms in total. The molecule has 10 heavy (non-hydrogen) atoms. The first-order valence-corrected chi connectivity index (χ1v) is 2.60. The van der Waals surface area contributed by atoms with E-state index in [2.05, 4.69) is 14.8 Å². The summed E-state index contributed by atoms with van der Waals surface area (Å²) in [5.74, 6) is -0.371. The van der Waals surface area contributed by atoms with Crippen molar-refractivity contribution in [1.82, 2.24) is 5.06 Å². The Kier molecular flexibility index (Phi) is 4.23. The van der Waals surface area contributed by atoms with Crippen molar-refractivity contribution in [2.75, 3.05) is 21.3 Å². The number of rotatable bonds is 3. The monoisotopic (exact) mass is 146 g/mol. The minimum Gasteiger partial charge on any atom is -0.399 e. The van der Waals surface area contributed by atoms with Gasteiger partial charge in [0.2, 0.25) is 0 Å². The fourth-order valence-electron chi connectivity index (χ4n) is 0.269. The molecular formula is C5H10N2O3. The summed E-state index contributed by atoms with van der Waals surface area (Å²) in [7, 11) is 4.22. The lowest BCUT2D eigenvalue weighted by atomic mass is 10.7. The zero-order chi connectivity index (χ0) is 7.98. The molecule has 0 fully saturated rings. The third-order valence-corrected chi connectivity index (χ3v) is 0.853. The van der Waals surface area contributed by atoms with Crippen LogP contribution in [-0.4, -0.2) is 38.5 Å². The average molecular weight is 146 g/mol. The van der Waals surface area contributed by atoms with Crippen LogP contribution in [0, 0.1) is 0 Å². The normalized spacial score (nSPS) is 9.90. The molecule has 0 saturated carbocycles. The van der Waals surface area contributed by atoms with E-state index < -0.39 is 0 Å². The maximum absolute atomic E-state index is 10.7. The van der Waals surface area contributed by atoms with Crippen molar-refractivity contribution in [1.29, 1.82) is 0 Å². The summed E-state index contributed by atoms with van der Waals surface area (Å²) in [6, 6.07) is 0. The lowest BCUT2D eigenvalue weighted by Gasteiger charge is -2.08. The van der Waals surface area contributed by atoms with Gasteiger partial charge in [0, 0.05) is 7.05 Å². The molecule has 0 unspecified atom stereocenters. The molecule has 0 aromatic rings. The molecule has 1 amide bonds. The van der Waals surface area contributed by atoms with E-state index in [1.165, 1.54) is 21.3 Å². The van der Waals surface area contributed by atoms with Gasteiger partial charge in [0.15, 0.2) is 0 Å². The highest BCUT2D eigenvalue weighted by atomic mass is 16.7. The first-order chi connectivity index (χ1) is 4.72. The number of hydrogen-bond acceptors (Lipinski definition) is 4. The summed E-state index contributed by atoms with van der Waals surface area (Å²) >= 11 is 0. The maximum Gasteiger partial charge on any atom is 0.291 e. The summed E-state index contributed by atoms with van der Waals surface area (Å²) < 4.78 is 0. The van der Waals surface area contributed by atoms with Gasteiger partial charge in [-0.1, -0.05) is 5.16 Å². The highest BCUT2D eigenvalue weighted by Gasteiger charge is 2.02. The smallest absolute Gasteiger partial charge is 0.291 e. The Morgan fingerprint density at radius 3 is 2.60 bits per heavy atom. The second kappa shape index (κ2) is 4.75. The van der Waals surface area contributed by atoms with Crippen LogP contribution in [0.5, 0.6) is 0 Å². The van der Waals surface area contributed by atoms with E-state index in [0.29, 0.717) is 0 Å². The standard InChI is InChI=1S/C5H10N2O3/c1-7(10-3)5(8)4-6-9-2/h4H,1-3H3/b6-4+. The SMILES string of the molecule is CO/N=C/C(=O)N(C)OC. The molecule has 0 aromatic carbocycles. The van der Waals surface area contributed by atoms with Gasteiger partial charge in [-0.25, -0.2) is 5.06 Å².